The number of hydrogen-bond acceptors (Lipinski definition) is 3. The van der Waals surface area contributed by atoms with Crippen LogP contribution in [0.3, 0.4) is 0 Å². The van der Waals surface area contributed by atoms with Crippen molar-refractivity contribution in [3.63, 3.8) is 0 Å². The number of carbonyl (C=O) groups is 1. The summed E-state index contributed by atoms with van der Waals surface area (Å²) in [6, 6.07) is 2.69. The van der Waals surface area contributed by atoms with Crippen LogP contribution in [0, 0.1) is 11.3 Å². The van der Waals surface area contributed by atoms with Crippen molar-refractivity contribution in [3.05, 3.63) is 0 Å². The third-order valence-electron chi connectivity index (χ3n) is 3.03. The molecule has 0 atom stereocenters. The Bertz CT molecular complexity index is 264. The molecule has 0 saturated heterocycles. The van der Waals surface area contributed by atoms with E-state index in [-0.39, 0.29) is 5.91 Å². The number of nitriles is 1. The molecule has 0 radical (unpaired) electrons. The Morgan fingerprint density at radius 2 is 2.00 bits per heavy atom. The highest BCUT2D eigenvalue weighted by Gasteiger charge is 2.30. The van der Waals surface area contributed by atoms with Crippen molar-refractivity contribution >= 4 is 5.91 Å². The molecule has 0 unspecified atom stereocenters. The quantitative estimate of drug-likeness (QED) is 0.652. The van der Waals surface area contributed by atoms with E-state index in [1.165, 1.54) is 12.8 Å². The fourth-order valence-corrected chi connectivity index (χ4v) is 1.87. The zero-order chi connectivity index (χ0) is 12.0. The lowest BCUT2D eigenvalue weighted by molar-refractivity contribution is -0.132. The van der Waals surface area contributed by atoms with Crippen LogP contribution in [0.5, 0.6) is 0 Å². The summed E-state index contributed by atoms with van der Waals surface area (Å²) in [4.78, 5) is 15.9. The Balaban J connectivity index is 2.41. The first kappa shape index (κ1) is 13.0. The molecule has 90 valence electrons. The molecular weight excluding hydrogens is 202 g/mol. The molecule has 16 heavy (non-hydrogen) atoms. The van der Waals surface area contributed by atoms with Gasteiger partial charge in [-0.25, -0.2) is 0 Å². The Morgan fingerprint density at radius 3 is 2.44 bits per heavy atom. The third kappa shape index (κ3) is 3.82. The highest BCUT2D eigenvalue weighted by atomic mass is 16.2. The molecule has 4 heteroatoms. The zero-order valence-corrected chi connectivity index (χ0v) is 10.3. The molecule has 1 fully saturated rings. The summed E-state index contributed by atoms with van der Waals surface area (Å²) in [7, 11) is 0. The lowest BCUT2D eigenvalue weighted by Gasteiger charge is -2.25. The minimum atomic E-state index is 0.190. The van der Waals surface area contributed by atoms with Gasteiger partial charge in [-0.2, -0.15) is 5.26 Å². The van der Waals surface area contributed by atoms with Crippen LogP contribution in [0.25, 0.3) is 0 Å². The molecule has 1 amide bonds. The van der Waals surface area contributed by atoms with Crippen LogP contribution in [0.2, 0.25) is 0 Å². The summed E-state index contributed by atoms with van der Waals surface area (Å²) < 4.78 is 0. The van der Waals surface area contributed by atoms with E-state index >= 15 is 0 Å². The first-order valence-electron chi connectivity index (χ1n) is 6.11. The fourth-order valence-electron chi connectivity index (χ4n) is 1.87. The Kier molecular flexibility index (Phi) is 5.27. The molecule has 0 aromatic rings. The maximum Gasteiger partial charge on any atom is 0.236 e. The molecule has 0 bridgehead atoms. The molecule has 1 aliphatic rings. The van der Waals surface area contributed by atoms with Crippen molar-refractivity contribution in [1.29, 1.82) is 5.26 Å². The molecule has 0 heterocycles. The average molecular weight is 223 g/mol. The van der Waals surface area contributed by atoms with Crippen molar-refractivity contribution in [2.75, 3.05) is 26.2 Å². The smallest absolute Gasteiger partial charge is 0.236 e. The summed E-state index contributed by atoms with van der Waals surface area (Å²) in [5.74, 6) is 0.190. The Morgan fingerprint density at radius 1 is 1.38 bits per heavy atom. The van der Waals surface area contributed by atoms with Crippen molar-refractivity contribution in [1.82, 2.24) is 9.80 Å². The van der Waals surface area contributed by atoms with Gasteiger partial charge >= 0.3 is 0 Å². The van der Waals surface area contributed by atoms with E-state index in [0.29, 0.717) is 19.0 Å². The largest absolute Gasteiger partial charge is 0.342 e. The van der Waals surface area contributed by atoms with Crippen LogP contribution in [0.4, 0.5) is 0 Å². The maximum absolute atomic E-state index is 11.9. The van der Waals surface area contributed by atoms with E-state index in [4.69, 9.17) is 5.26 Å². The molecular formula is C12H21N3O. The number of likely N-dealkylation sites (N-methyl/N-ethyl adjacent to an activating group) is 1. The second-order valence-corrected chi connectivity index (χ2v) is 4.18. The zero-order valence-electron chi connectivity index (χ0n) is 10.3. The molecule has 1 rings (SSSR count). The van der Waals surface area contributed by atoms with Gasteiger partial charge in [0.25, 0.3) is 0 Å². The number of amides is 1. The molecule has 0 spiro atoms. The fraction of sp³-hybridized carbons (Fsp3) is 0.833. The Labute approximate surface area is 97.8 Å². The van der Waals surface area contributed by atoms with Crippen LogP contribution in [-0.2, 0) is 4.79 Å². The predicted molar refractivity (Wildman–Crippen MR) is 62.8 cm³/mol. The minimum absolute atomic E-state index is 0.190. The van der Waals surface area contributed by atoms with Crippen molar-refractivity contribution < 1.29 is 4.79 Å². The lowest BCUT2D eigenvalue weighted by Crippen LogP contribution is -2.41. The highest BCUT2D eigenvalue weighted by molar-refractivity contribution is 5.78. The van der Waals surface area contributed by atoms with Gasteiger partial charge in [0, 0.05) is 32.1 Å². The van der Waals surface area contributed by atoms with Gasteiger partial charge in [0.05, 0.1) is 12.6 Å². The SMILES string of the molecule is CCN(CC)C(=O)CN(CCC#N)C1CC1. The summed E-state index contributed by atoms with van der Waals surface area (Å²) in [6.45, 7) is 6.75. The Hall–Kier alpha value is -1.08. The van der Waals surface area contributed by atoms with Gasteiger partial charge in [0.15, 0.2) is 0 Å². The molecule has 0 aromatic carbocycles. The van der Waals surface area contributed by atoms with E-state index in [1.807, 2.05) is 18.7 Å². The lowest BCUT2D eigenvalue weighted by atomic mass is 10.3. The highest BCUT2D eigenvalue weighted by Crippen LogP contribution is 2.26. The van der Waals surface area contributed by atoms with E-state index < -0.39 is 0 Å². The van der Waals surface area contributed by atoms with Crippen molar-refractivity contribution in [2.24, 2.45) is 0 Å². The van der Waals surface area contributed by atoms with Gasteiger partial charge in [0.1, 0.15) is 0 Å². The van der Waals surface area contributed by atoms with E-state index in [9.17, 15) is 4.79 Å². The first-order valence-corrected chi connectivity index (χ1v) is 6.11. The number of carbonyl (C=O) groups excluding carboxylic acids is 1. The second-order valence-electron chi connectivity index (χ2n) is 4.18. The summed E-state index contributed by atoms with van der Waals surface area (Å²) in [5.41, 5.74) is 0. The summed E-state index contributed by atoms with van der Waals surface area (Å²) >= 11 is 0. The van der Waals surface area contributed by atoms with Crippen LogP contribution in [-0.4, -0.2) is 47.9 Å². The van der Waals surface area contributed by atoms with Crippen molar-refractivity contribution in [2.45, 2.75) is 39.2 Å². The van der Waals surface area contributed by atoms with E-state index in [0.717, 1.165) is 19.6 Å². The van der Waals surface area contributed by atoms with E-state index in [1.54, 1.807) is 0 Å². The predicted octanol–water partition coefficient (Wildman–Crippen LogP) is 1.23. The normalized spacial score (nSPS) is 14.9. The average Bonchev–Trinajstić information content (AvgIpc) is 3.09. The molecule has 4 nitrogen and oxygen atoms in total. The minimum Gasteiger partial charge on any atom is -0.342 e. The number of rotatable bonds is 7. The standard InChI is InChI=1S/C12H21N3O/c1-3-14(4-2)12(16)10-15(9-5-8-13)11-6-7-11/h11H,3-7,9-10H2,1-2H3. The van der Waals surface area contributed by atoms with Gasteiger partial charge in [0.2, 0.25) is 5.91 Å². The third-order valence-corrected chi connectivity index (χ3v) is 3.03. The van der Waals surface area contributed by atoms with Gasteiger partial charge < -0.3 is 4.90 Å². The van der Waals surface area contributed by atoms with Crippen LogP contribution in [0.15, 0.2) is 0 Å². The molecule has 0 aliphatic heterocycles. The van der Waals surface area contributed by atoms with Gasteiger partial charge in [-0.05, 0) is 26.7 Å². The second kappa shape index (κ2) is 6.49. The van der Waals surface area contributed by atoms with Gasteiger partial charge in [-0.15, -0.1) is 0 Å². The summed E-state index contributed by atoms with van der Waals surface area (Å²) in [6.07, 6.45) is 2.87. The molecule has 1 aliphatic carbocycles. The molecule has 0 N–H and O–H groups in total. The van der Waals surface area contributed by atoms with Gasteiger partial charge in [-0.3, -0.25) is 9.69 Å². The van der Waals surface area contributed by atoms with Crippen LogP contribution < -0.4 is 0 Å². The topological polar surface area (TPSA) is 47.3 Å². The molecule has 0 aromatic heterocycles. The number of hydrogen-bond donors (Lipinski definition) is 0. The van der Waals surface area contributed by atoms with Crippen LogP contribution in [0.1, 0.15) is 33.1 Å². The number of nitrogens with zero attached hydrogens (tertiary/aromatic N) is 3. The molecule has 1 saturated carbocycles. The summed E-state index contributed by atoms with van der Waals surface area (Å²) in [5, 5.41) is 8.58. The first-order chi connectivity index (χ1) is 7.72. The van der Waals surface area contributed by atoms with Crippen LogP contribution >= 0.6 is 0 Å². The maximum atomic E-state index is 11.9. The van der Waals surface area contributed by atoms with E-state index in [2.05, 4.69) is 11.0 Å². The van der Waals surface area contributed by atoms with Crippen molar-refractivity contribution in [3.8, 4) is 6.07 Å². The van der Waals surface area contributed by atoms with Gasteiger partial charge in [-0.1, -0.05) is 0 Å². The monoisotopic (exact) mass is 223 g/mol.